The molecular weight excluding hydrogens is 419 g/mol. The summed E-state index contributed by atoms with van der Waals surface area (Å²) in [5, 5.41) is 5.95. The maximum absolute atomic E-state index is 13.4. The first kappa shape index (κ1) is 21.4. The van der Waals surface area contributed by atoms with Crippen LogP contribution in [0.4, 0.5) is 9.18 Å². The van der Waals surface area contributed by atoms with E-state index in [1.807, 2.05) is 13.0 Å². The van der Waals surface area contributed by atoms with Crippen LogP contribution in [-0.4, -0.2) is 24.6 Å². The Balaban J connectivity index is 1.92. The lowest BCUT2D eigenvalue weighted by molar-refractivity contribution is -0.116. The fraction of sp³-hybridized carbons (Fsp3) is 0.333. The lowest BCUT2D eigenvalue weighted by Crippen LogP contribution is -2.47. The van der Waals surface area contributed by atoms with Crippen molar-refractivity contribution in [2.24, 2.45) is 0 Å². The van der Waals surface area contributed by atoms with Crippen molar-refractivity contribution < 1.29 is 18.7 Å². The molecule has 1 aliphatic heterocycles. The first-order valence-electron chi connectivity index (χ1n) is 10.4. The van der Waals surface area contributed by atoms with E-state index in [-0.39, 0.29) is 17.3 Å². The highest BCUT2D eigenvalue weighted by Crippen LogP contribution is 2.46. The molecule has 162 valence electrons. The average Bonchev–Trinajstić information content (AvgIpc) is 3.00. The fourth-order valence-corrected chi connectivity index (χ4v) is 4.93. The van der Waals surface area contributed by atoms with E-state index >= 15 is 0 Å². The zero-order valence-electron chi connectivity index (χ0n) is 17.5. The van der Waals surface area contributed by atoms with Crippen molar-refractivity contribution in [3.63, 3.8) is 0 Å². The molecule has 2 aliphatic rings. The van der Waals surface area contributed by atoms with E-state index in [0.717, 1.165) is 36.0 Å². The van der Waals surface area contributed by atoms with E-state index in [4.69, 9.17) is 16.3 Å². The second-order valence-electron chi connectivity index (χ2n) is 8.04. The molecule has 0 bridgehead atoms. The molecule has 31 heavy (non-hydrogen) atoms. The largest absolute Gasteiger partial charge is 0.412 e. The highest BCUT2D eigenvalue weighted by atomic mass is 35.5. The third-order valence-corrected chi connectivity index (χ3v) is 6.48. The molecule has 4 rings (SSSR count). The van der Waals surface area contributed by atoms with Gasteiger partial charge in [-0.2, -0.15) is 0 Å². The summed E-state index contributed by atoms with van der Waals surface area (Å²) >= 11 is 6.59. The highest BCUT2D eigenvalue weighted by Gasteiger charge is 2.49. The number of hydrogen-bond acceptors (Lipinski definition) is 3. The Kier molecular flexibility index (Phi) is 5.75. The van der Waals surface area contributed by atoms with E-state index < -0.39 is 11.6 Å². The van der Waals surface area contributed by atoms with Gasteiger partial charge >= 0.3 is 6.09 Å². The number of rotatable bonds is 3. The van der Waals surface area contributed by atoms with Crippen molar-refractivity contribution in [3.05, 3.63) is 64.1 Å². The molecule has 1 fully saturated rings. The third kappa shape index (κ3) is 3.81. The van der Waals surface area contributed by atoms with Gasteiger partial charge in [-0.3, -0.25) is 4.79 Å². The number of hydrogen-bond donors (Lipinski definition) is 2. The van der Waals surface area contributed by atoms with E-state index in [9.17, 15) is 14.0 Å². The molecule has 0 aromatic heterocycles. The van der Waals surface area contributed by atoms with Crippen LogP contribution in [0.5, 0.6) is 0 Å². The molecule has 1 saturated carbocycles. The van der Waals surface area contributed by atoms with Gasteiger partial charge in [0.15, 0.2) is 0 Å². The van der Waals surface area contributed by atoms with Crippen LogP contribution in [0.2, 0.25) is 5.02 Å². The smallest absolute Gasteiger partial charge is 0.411 e. The first-order chi connectivity index (χ1) is 14.9. The molecule has 0 unspecified atom stereocenters. The summed E-state index contributed by atoms with van der Waals surface area (Å²) in [5.41, 5.74) is 2.49. The van der Waals surface area contributed by atoms with Gasteiger partial charge in [-0.05, 0) is 54.7 Å². The average molecular weight is 443 g/mol. The van der Waals surface area contributed by atoms with Crippen LogP contribution < -0.4 is 10.6 Å². The summed E-state index contributed by atoms with van der Waals surface area (Å²) in [6.07, 6.45) is 3.69. The summed E-state index contributed by atoms with van der Waals surface area (Å²) in [5.74, 6) is -0.297. The molecule has 0 saturated heterocycles. The molecule has 2 aromatic carbocycles. The van der Waals surface area contributed by atoms with Gasteiger partial charge in [0.25, 0.3) is 5.91 Å². The Morgan fingerprint density at radius 3 is 2.45 bits per heavy atom. The number of carbonyl (C=O) groups excluding carboxylic acids is 2. The van der Waals surface area contributed by atoms with Crippen molar-refractivity contribution in [1.29, 1.82) is 0 Å². The van der Waals surface area contributed by atoms with E-state index in [2.05, 4.69) is 10.6 Å². The summed E-state index contributed by atoms with van der Waals surface area (Å²) in [7, 11) is 1.48. The number of benzene rings is 2. The Morgan fingerprint density at radius 2 is 1.81 bits per heavy atom. The van der Waals surface area contributed by atoms with Crippen LogP contribution in [-0.2, 0) is 9.53 Å². The van der Waals surface area contributed by atoms with Crippen LogP contribution in [0, 0.1) is 12.7 Å². The zero-order valence-corrected chi connectivity index (χ0v) is 18.2. The Hall–Kier alpha value is -2.86. The van der Waals surface area contributed by atoms with E-state index in [1.165, 1.54) is 19.2 Å². The molecule has 2 amide bonds. The quantitative estimate of drug-likeness (QED) is 0.672. The minimum atomic E-state index is -0.709. The molecule has 0 atom stereocenters. The number of carbonyl (C=O) groups is 2. The second kappa shape index (κ2) is 8.35. The van der Waals surface area contributed by atoms with Gasteiger partial charge < -0.3 is 15.4 Å². The van der Waals surface area contributed by atoms with E-state index in [0.29, 0.717) is 29.2 Å². The van der Waals surface area contributed by atoms with Gasteiger partial charge in [0.05, 0.1) is 11.1 Å². The first-order valence-corrected chi connectivity index (χ1v) is 10.8. The third-order valence-electron chi connectivity index (χ3n) is 6.17. The zero-order chi connectivity index (χ0) is 22.2. The standard InChI is InChI=1S/C24H24ClFN2O3/c1-14-17(15-6-8-16(26)9-7-15)10-11-18(25)19(14)20-21(31-23(30)27-2)24(28-22(20)29)12-4-3-5-13-24/h6-11H,3-5,12-13H2,1-2H3,(H,27,30)(H,28,29). The number of ether oxygens (including phenoxy) is 1. The summed E-state index contributed by atoms with van der Waals surface area (Å²) in [6.45, 7) is 1.86. The van der Waals surface area contributed by atoms with Crippen molar-refractivity contribution in [3.8, 4) is 11.1 Å². The summed E-state index contributed by atoms with van der Waals surface area (Å²) in [6, 6.07) is 9.71. The van der Waals surface area contributed by atoms with Gasteiger partial charge in [0.1, 0.15) is 11.6 Å². The molecule has 1 heterocycles. The number of alkyl carbamates (subject to hydrolysis) is 1. The Morgan fingerprint density at radius 1 is 1.13 bits per heavy atom. The van der Waals surface area contributed by atoms with Gasteiger partial charge in [-0.15, -0.1) is 0 Å². The Labute approximate surface area is 185 Å². The highest BCUT2D eigenvalue weighted by molar-refractivity contribution is 6.36. The van der Waals surface area contributed by atoms with Crippen molar-refractivity contribution >= 4 is 29.2 Å². The SMILES string of the molecule is CNC(=O)OC1=C(c2c(Cl)ccc(-c3ccc(F)cc3)c2C)C(=O)NC12CCCCC2. The predicted molar refractivity (Wildman–Crippen MR) is 118 cm³/mol. The predicted octanol–water partition coefficient (Wildman–Crippen LogP) is 5.35. The molecular formula is C24H24ClFN2O3. The monoisotopic (exact) mass is 442 g/mol. The van der Waals surface area contributed by atoms with Crippen molar-refractivity contribution in [2.45, 2.75) is 44.6 Å². The molecule has 1 aliphatic carbocycles. The van der Waals surface area contributed by atoms with Gasteiger partial charge in [-0.1, -0.05) is 49.1 Å². The minimum absolute atomic E-state index is 0.289. The number of halogens is 2. The molecule has 7 heteroatoms. The van der Waals surface area contributed by atoms with E-state index in [1.54, 1.807) is 18.2 Å². The molecule has 1 spiro atoms. The normalized spacial score (nSPS) is 17.6. The maximum atomic E-state index is 13.4. The lowest BCUT2D eigenvalue weighted by Gasteiger charge is -2.34. The lowest BCUT2D eigenvalue weighted by atomic mass is 9.80. The van der Waals surface area contributed by atoms with Crippen LogP contribution >= 0.6 is 11.6 Å². The number of nitrogens with one attached hydrogen (secondary N) is 2. The van der Waals surface area contributed by atoms with Crippen molar-refractivity contribution in [2.75, 3.05) is 7.05 Å². The Bertz CT molecular complexity index is 1070. The van der Waals surface area contributed by atoms with Gasteiger partial charge in [-0.25, -0.2) is 9.18 Å². The fourth-order valence-electron chi connectivity index (χ4n) is 4.63. The molecule has 2 aromatic rings. The van der Waals surface area contributed by atoms with Gasteiger partial charge in [0.2, 0.25) is 0 Å². The maximum Gasteiger partial charge on any atom is 0.412 e. The van der Waals surface area contributed by atoms with Crippen LogP contribution in [0.15, 0.2) is 42.2 Å². The summed E-state index contributed by atoms with van der Waals surface area (Å²) < 4.78 is 19.1. The molecule has 2 N–H and O–H groups in total. The topological polar surface area (TPSA) is 67.4 Å². The molecule has 5 nitrogen and oxygen atoms in total. The second-order valence-corrected chi connectivity index (χ2v) is 8.45. The molecule has 0 radical (unpaired) electrons. The van der Waals surface area contributed by atoms with Crippen LogP contribution in [0.25, 0.3) is 16.7 Å². The minimum Gasteiger partial charge on any atom is -0.411 e. The van der Waals surface area contributed by atoms with Gasteiger partial charge in [0, 0.05) is 17.6 Å². The number of amides is 2. The van der Waals surface area contributed by atoms with Crippen molar-refractivity contribution in [1.82, 2.24) is 10.6 Å². The summed E-state index contributed by atoms with van der Waals surface area (Å²) in [4.78, 5) is 25.4. The van der Waals surface area contributed by atoms with Crippen LogP contribution in [0.3, 0.4) is 0 Å². The van der Waals surface area contributed by atoms with Crippen LogP contribution in [0.1, 0.15) is 43.2 Å².